The van der Waals surface area contributed by atoms with E-state index in [0.717, 1.165) is 16.5 Å². The number of pyridine rings is 1. The Kier molecular flexibility index (Phi) is 2.95. The molecule has 0 saturated heterocycles. The fourth-order valence-corrected chi connectivity index (χ4v) is 2.30. The lowest BCUT2D eigenvalue weighted by molar-refractivity contribution is 0.0685. The zero-order valence-electron chi connectivity index (χ0n) is 10.9. The number of hydrogen-bond acceptors (Lipinski definition) is 3. The Balaban J connectivity index is 2.10. The van der Waals surface area contributed by atoms with Gasteiger partial charge in [0.05, 0.1) is 18.3 Å². The number of aryl methyl sites for hydroxylation is 1. The molecule has 5 heteroatoms. The van der Waals surface area contributed by atoms with Crippen molar-refractivity contribution >= 4 is 16.9 Å². The quantitative estimate of drug-likeness (QED) is 0.791. The van der Waals surface area contributed by atoms with Gasteiger partial charge in [-0.2, -0.15) is 0 Å². The zero-order valence-corrected chi connectivity index (χ0v) is 10.9. The Morgan fingerprint density at radius 1 is 1.25 bits per heavy atom. The predicted molar refractivity (Wildman–Crippen MR) is 74.8 cm³/mol. The molecule has 0 fully saturated rings. The summed E-state index contributed by atoms with van der Waals surface area (Å²) in [7, 11) is 0. The number of rotatable bonds is 3. The first-order valence-corrected chi connectivity index (χ1v) is 6.25. The lowest BCUT2D eigenvalue weighted by Crippen LogP contribution is -2.11. The number of aromatic nitrogens is 3. The predicted octanol–water partition coefficient (Wildman–Crippen LogP) is 2.49. The monoisotopic (exact) mass is 267 g/mol. The highest BCUT2D eigenvalue weighted by Crippen LogP contribution is 2.18. The largest absolute Gasteiger partial charge is 0.477 e. The molecule has 1 N–H and O–H groups in total. The maximum Gasteiger partial charge on any atom is 0.354 e. The third-order valence-electron chi connectivity index (χ3n) is 3.32. The number of para-hydroxylation sites is 1. The molecule has 0 radical (unpaired) electrons. The maximum atomic E-state index is 11.2. The Morgan fingerprint density at radius 3 is 2.85 bits per heavy atom. The van der Waals surface area contributed by atoms with Crippen LogP contribution in [0.3, 0.4) is 0 Å². The smallest absolute Gasteiger partial charge is 0.354 e. The van der Waals surface area contributed by atoms with Gasteiger partial charge >= 0.3 is 5.97 Å². The van der Waals surface area contributed by atoms with Crippen molar-refractivity contribution in [2.75, 3.05) is 0 Å². The number of benzene rings is 1. The van der Waals surface area contributed by atoms with Crippen LogP contribution in [0.4, 0.5) is 0 Å². The van der Waals surface area contributed by atoms with E-state index in [1.165, 1.54) is 6.20 Å². The molecule has 2 aromatic heterocycles. The van der Waals surface area contributed by atoms with Crippen molar-refractivity contribution in [3.8, 4) is 0 Å². The molecule has 0 atom stereocenters. The highest BCUT2D eigenvalue weighted by molar-refractivity contribution is 5.86. The number of imidazole rings is 1. The van der Waals surface area contributed by atoms with Crippen molar-refractivity contribution in [1.29, 1.82) is 0 Å². The van der Waals surface area contributed by atoms with Gasteiger partial charge in [-0.1, -0.05) is 24.3 Å². The molecule has 0 aliphatic heterocycles. The molecule has 0 amide bonds. The van der Waals surface area contributed by atoms with E-state index in [9.17, 15) is 9.90 Å². The van der Waals surface area contributed by atoms with Crippen LogP contribution >= 0.6 is 0 Å². The molecular weight excluding hydrogens is 254 g/mol. The zero-order chi connectivity index (χ0) is 14.1. The number of carbonyl (C=O) groups is 1. The summed E-state index contributed by atoms with van der Waals surface area (Å²) in [6.45, 7) is 2.24. The molecule has 0 aliphatic carbocycles. The first kappa shape index (κ1) is 12.3. The molecule has 20 heavy (non-hydrogen) atoms. The van der Waals surface area contributed by atoms with Gasteiger partial charge in [0.2, 0.25) is 0 Å². The van der Waals surface area contributed by atoms with E-state index in [1.54, 1.807) is 17.7 Å². The maximum absolute atomic E-state index is 11.2. The number of aromatic carboxylic acids is 1. The van der Waals surface area contributed by atoms with E-state index in [2.05, 4.69) is 9.97 Å². The standard InChI is InChI=1S/C15H13N3O2/c1-10-17-8-13(15(19)20)18(10)9-12-5-2-4-11-6-3-7-16-14(11)12/h2-8H,9H2,1H3,(H,19,20). The third kappa shape index (κ3) is 2.03. The Morgan fingerprint density at radius 2 is 2.05 bits per heavy atom. The minimum Gasteiger partial charge on any atom is -0.477 e. The van der Waals surface area contributed by atoms with Crippen LogP contribution in [0, 0.1) is 6.92 Å². The molecular formula is C15H13N3O2. The first-order chi connectivity index (χ1) is 9.66. The van der Waals surface area contributed by atoms with Crippen LogP contribution < -0.4 is 0 Å². The number of carboxylic acid groups (broad SMARTS) is 1. The van der Waals surface area contributed by atoms with E-state index in [-0.39, 0.29) is 5.69 Å². The van der Waals surface area contributed by atoms with Gasteiger partial charge in [-0.25, -0.2) is 9.78 Å². The Hall–Kier alpha value is -2.69. The van der Waals surface area contributed by atoms with Crippen molar-refractivity contribution in [2.24, 2.45) is 0 Å². The summed E-state index contributed by atoms with van der Waals surface area (Å²) in [6, 6.07) is 9.78. The summed E-state index contributed by atoms with van der Waals surface area (Å²) < 4.78 is 1.69. The number of fused-ring (bicyclic) bond motifs is 1. The summed E-state index contributed by atoms with van der Waals surface area (Å²) >= 11 is 0. The van der Waals surface area contributed by atoms with Crippen molar-refractivity contribution in [2.45, 2.75) is 13.5 Å². The van der Waals surface area contributed by atoms with Crippen LogP contribution in [0.15, 0.2) is 42.7 Å². The van der Waals surface area contributed by atoms with Crippen molar-refractivity contribution in [3.05, 3.63) is 59.8 Å². The van der Waals surface area contributed by atoms with Gasteiger partial charge in [-0.15, -0.1) is 0 Å². The average Bonchev–Trinajstić information content (AvgIpc) is 2.81. The molecule has 5 nitrogen and oxygen atoms in total. The minimum absolute atomic E-state index is 0.190. The topological polar surface area (TPSA) is 68.0 Å². The molecule has 0 unspecified atom stereocenters. The molecule has 3 aromatic rings. The van der Waals surface area contributed by atoms with Gasteiger partial charge in [-0.05, 0) is 18.6 Å². The minimum atomic E-state index is -0.973. The summed E-state index contributed by atoms with van der Waals surface area (Å²) in [5, 5.41) is 10.2. The lowest BCUT2D eigenvalue weighted by atomic mass is 10.1. The molecule has 0 spiro atoms. The molecule has 100 valence electrons. The van der Waals surface area contributed by atoms with Gasteiger partial charge in [0, 0.05) is 11.6 Å². The molecule has 3 rings (SSSR count). The Bertz CT molecular complexity index is 787. The molecule has 0 bridgehead atoms. The summed E-state index contributed by atoms with van der Waals surface area (Å²) in [5.41, 5.74) is 2.06. The molecule has 0 aliphatic rings. The van der Waals surface area contributed by atoms with Crippen LogP contribution in [0.1, 0.15) is 21.9 Å². The molecule has 0 saturated carbocycles. The normalized spacial score (nSPS) is 10.8. The molecule has 1 aromatic carbocycles. The summed E-state index contributed by atoms with van der Waals surface area (Å²) in [6.07, 6.45) is 3.13. The molecule has 2 heterocycles. The van der Waals surface area contributed by atoms with Gasteiger partial charge < -0.3 is 9.67 Å². The van der Waals surface area contributed by atoms with Crippen molar-refractivity contribution < 1.29 is 9.90 Å². The van der Waals surface area contributed by atoms with Gasteiger partial charge in [-0.3, -0.25) is 4.98 Å². The number of hydrogen-bond donors (Lipinski definition) is 1. The second kappa shape index (κ2) is 4.77. The number of nitrogens with zero attached hydrogens (tertiary/aromatic N) is 3. The van der Waals surface area contributed by atoms with E-state index >= 15 is 0 Å². The second-order valence-corrected chi connectivity index (χ2v) is 4.57. The van der Waals surface area contributed by atoms with Crippen molar-refractivity contribution in [3.63, 3.8) is 0 Å². The lowest BCUT2D eigenvalue weighted by Gasteiger charge is -2.10. The van der Waals surface area contributed by atoms with E-state index < -0.39 is 5.97 Å². The van der Waals surface area contributed by atoms with E-state index in [0.29, 0.717) is 12.4 Å². The average molecular weight is 267 g/mol. The third-order valence-corrected chi connectivity index (χ3v) is 3.32. The van der Waals surface area contributed by atoms with E-state index in [1.807, 2.05) is 30.3 Å². The fourth-order valence-electron chi connectivity index (χ4n) is 2.30. The second-order valence-electron chi connectivity index (χ2n) is 4.57. The van der Waals surface area contributed by atoms with Gasteiger partial charge in [0.25, 0.3) is 0 Å². The number of carboxylic acids is 1. The van der Waals surface area contributed by atoms with Crippen LogP contribution in [0.2, 0.25) is 0 Å². The fraction of sp³-hybridized carbons (Fsp3) is 0.133. The van der Waals surface area contributed by atoms with Crippen LogP contribution in [0.5, 0.6) is 0 Å². The highest BCUT2D eigenvalue weighted by atomic mass is 16.4. The summed E-state index contributed by atoms with van der Waals surface area (Å²) in [5.74, 6) is -0.297. The van der Waals surface area contributed by atoms with Crippen LogP contribution in [-0.2, 0) is 6.54 Å². The van der Waals surface area contributed by atoms with Crippen LogP contribution in [0.25, 0.3) is 10.9 Å². The first-order valence-electron chi connectivity index (χ1n) is 6.25. The highest BCUT2D eigenvalue weighted by Gasteiger charge is 2.14. The summed E-state index contributed by atoms with van der Waals surface area (Å²) in [4.78, 5) is 19.7. The van der Waals surface area contributed by atoms with Gasteiger partial charge in [0.1, 0.15) is 11.5 Å². The Labute approximate surface area is 115 Å². The van der Waals surface area contributed by atoms with E-state index in [4.69, 9.17) is 0 Å². The van der Waals surface area contributed by atoms with Gasteiger partial charge in [0.15, 0.2) is 0 Å². The van der Waals surface area contributed by atoms with Crippen molar-refractivity contribution in [1.82, 2.24) is 14.5 Å². The SMILES string of the molecule is Cc1ncc(C(=O)O)n1Cc1cccc2cccnc12. The van der Waals surface area contributed by atoms with Crippen LogP contribution in [-0.4, -0.2) is 25.6 Å².